The molecule has 0 aliphatic rings. The molecule has 0 fully saturated rings. The Labute approximate surface area is 205 Å². The van der Waals surface area contributed by atoms with Gasteiger partial charge >= 0.3 is 0 Å². The Kier molecular flexibility index (Phi) is 9.95. The maximum absolute atomic E-state index is 13.5. The first kappa shape index (κ1) is 25.3. The molecule has 0 saturated carbocycles. The molecule has 0 radical (unpaired) electrons. The molecule has 34 heavy (non-hydrogen) atoms. The lowest BCUT2D eigenvalue weighted by molar-refractivity contribution is -0.143. The van der Waals surface area contributed by atoms with Gasteiger partial charge in [0, 0.05) is 31.8 Å². The molecule has 3 aromatic rings. The number of carbonyl (C=O) groups excluding carboxylic acids is 2. The lowest BCUT2D eigenvalue weighted by atomic mass is 10.0. The number of rotatable bonds is 12. The van der Waals surface area contributed by atoms with Gasteiger partial charge in [-0.1, -0.05) is 72.3 Å². The number of benzene rings is 3. The first-order valence-electron chi connectivity index (χ1n) is 11.1. The molecular formula is C27H29ClN2O4. The van der Waals surface area contributed by atoms with Crippen LogP contribution in [0, 0.1) is 0 Å². The van der Waals surface area contributed by atoms with Crippen molar-refractivity contribution in [2.45, 2.75) is 19.0 Å². The quantitative estimate of drug-likeness (QED) is 0.383. The van der Waals surface area contributed by atoms with Gasteiger partial charge in [-0.2, -0.15) is 0 Å². The summed E-state index contributed by atoms with van der Waals surface area (Å²) in [6, 6.07) is 24.8. The first-order valence-corrected chi connectivity index (χ1v) is 11.5. The van der Waals surface area contributed by atoms with Gasteiger partial charge in [-0.15, -0.1) is 0 Å². The summed E-state index contributed by atoms with van der Waals surface area (Å²) in [6.45, 7) is 1.01. The minimum absolute atomic E-state index is 0.197. The third-order valence-corrected chi connectivity index (χ3v) is 5.44. The van der Waals surface area contributed by atoms with Crippen LogP contribution in [0.25, 0.3) is 0 Å². The van der Waals surface area contributed by atoms with E-state index in [1.54, 1.807) is 36.3 Å². The highest BCUT2D eigenvalue weighted by Crippen LogP contribution is 2.25. The maximum atomic E-state index is 13.5. The number of para-hydroxylation sites is 1. The molecule has 3 rings (SSSR count). The Hall–Kier alpha value is -3.35. The molecule has 0 heterocycles. The second kappa shape index (κ2) is 13.4. The molecule has 1 atom stereocenters. The van der Waals surface area contributed by atoms with Gasteiger partial charge in [-0.25, -0.2) is 0 Å². The minimum Gasteiger partial charge on any atom is -0.484 e. The summed E-state index contributed by atoms with van der Waals surface area (Å²) in [4.78, 5) is 28.4. The highest BCUT2D eigenvalue weighted by atomic mass is 35.5. The Morgan fingerprint density at radius 3 is 2.24 bits per heavy atom. The van der Waals surface area contributed by atoms with Crippen LogP contribution in [0.4, 0.5) is 0 Å². The molecule has 1 unspecified atom stereocenters. The fourth-order valence-corrected chi connectivity index (χ4v) is 3.61. The van der Waals surface area contributed by atoms with E-state index < -0.39 is 6.04 Å². The van der Waals surface area contributed by atoms with Gasteiger partial charge in [-0.05, 0) is 41.8 Å². The zero-order chi connectivity index (χ0) is 24.2. The average Bonchev–Trinajstić information content (AvgIpc) is 2.87. The smallest absolute Gasteiger partial charge is 0.261 e. The van der Waals surface area contributed by atoms with E-state index in [1.807, 2.05) is 60.7 Å². The number of carbonyl (C=O) groups is 2. The van der Waals surface area contributed by atoms with Gasteiger partial charge < -0.3 is 19.7 Å². The highest BCUT2D eigenvalue weighted by Gasteiger charge is 2.31. The molecular weight excluding hydrogens is 452 g/mol. The molecule has 0 aromatic heterocycles. The van der Waals surface area contributed by atoms with Crippen LogP contribution in [0.5, 0.6) is 5.75 Å². The van der Waals surface area contributed by atoms with Gasteiger partial charge in [0.15, 0.2) is 6.61 Å². The summed E-state index contributed by atoms with van der Waals surface area (Å²) in [5.41, 5.74) is 1.57. The molecule has 0 aliphatic heterocycles. The summed E-state index contributed by atoms with van der Waals surface area (Å²) < 4.78 is 10.8. The summed E-state index contributed by atoms with van der Waals surface area (Å²) in [6.07, 6.45) is 0.673. The zero-order valence-electron chi connectivity index (χ0n) is 19.2. The fourth-order valence-electron chi connectivity index (χ4n) is 3.49. The molecule has 178 valence electrons. The van der Waals surface area contributed by atoms with Crippen molar-refractivity contribution in [2.24, 2.45) is 0 Å². The van der Waals surface area contributed by atoms with E-state index in [9.17, 15) is 9.59 Å². The molecule has 7 heteroatoms. The van der Waals surface area contributed by atoms with Gasteiger partial charge in [0.2, 0.25) is 5.91 Å². The Morgan fingerprint density at radius 2 is 1.59 bits per heavy atom. The van der Waals surface area contributed by atoms with Crippen LogP contribution < -0.4 is 10.1 Å². The number of methoxy groups -OCH3 is 1. The third-order valence-electron chi connectivity index (χ3n) is 5.19. The van der Waals surface area contributed by atoms with Crippen molar-refractivity contribution in [1.29, 1.82) is 0 Å². The van der Waals surface area contributed by atoms with Gasteiger partial charge in [0.1, 0.15) is 11.8 Å². The molecule has 6 nitrogen and oxygen atoms in total. The number of nitrogens with zero attached hydrogens (tertiary/aromatic N) is 1. The van der Waals surface area contributed by atoms with Crippen molar-refractivity contribution in [3.05, 3.63) is 101 Å². The zero-order valence-corrected chi connectivity index (χ0v) is 19.9. The van der Waals surface area contributed by atoms with Crippen molar-refractivity contribution >= 4 is 23.4 Å². The summed E-state index contributed by atoms with van der Waals surface area (Å²) in [5.74, 6) is 0.0200. The summed E-state index contributed by atoms with van der Waals surface area (Å²) in [5, 5.41) is 3.55. The van der Waals surface area contributed by atoms with E-state index in [-0.39, 0.29) is 25.0 Å². The van der Waals surface area contributed by atoms with Crippen LogP contribution >= 0.6 is 11.6 Å². The van der Waals surface area contributed by atoms with Crippen molar-refractivity contribution in [3.8, 4) is 5.75 Å². The second-order valence-corrected chi connectivity index (χ2v) is 8.14. The molecule has 0 saturated heterocycles. The summed E-state index contributed by atoms with van der Waals surface area (Å²) in [7, 11) is 1.62. The minimum atomic E-state index is -0.828. The normalized spacial score (nSPS) is 11.5. The number of hydrogen-bond acceptors (Lipinski definition) is 4. The summed E-state index contributed by atoms with van der Waals surface area (Å²) >= 11 is 6.05. The van der Waals surface area contributed by atoms with E-state index in [2.05, 4.69) is 5.32 Å². The lowest BCUT2D eigenvalue weighted by Crippen LogP contribution is -2.45. The highest BCUT2D eigenvalue weighted by molar-refractivity contribution is 6.30. The average molecular weight is 481 g/mol. The lowest BCUT2D eigenvalue weighted by Gasteiger charge is -2.31. The van der Waals surface area contributed by atoms with E-state index >= 15 is 0 Å². The van der Waals surface area contributed by atoms with Crippen LogP contribution in [0.1, 0.15) is 23.6 Å². The molecule has 0 bridgehead atoms. The Balaban J connectivity index is 1.88. The van der Waals surface area contributed by atoms with Gasteiger partial charge in [-0.3, -0.25) is 9.59 Å². The fraction of sp³-hybridized carbons (Fsp3) is 0.259. The van der Waals surface area contributed by atoms with E-state index in [0.29, 0.717) is 35.9 Å². The van der Waals surface area contributed by atoms with Crippen LogP contribution in [-0.4, -0.2) is 43.6 Å². The molecule has 0 spiro atoms. The number of nitrogens with one attached hydrogen (secondary N) is 1. The van der Waals surface area contributed by atoms with Gasteiger partial charge in [0.25, 0.3) is 5.91 Å². The molecule has 2 amide bonds. The third kappa shape index (κ3) is 7.61. The van der Waals surface area contributed by atoms with Gasteiger partial charge in [0.05, 0.1) is 0 Å². The van der Waals surface area contributed by atoms with Crippen LogP contribution in [0.3, 0.4) is 0 Å². The largest absolute Gasteiger partial charge is 0.484 e. The van der Waals surface area contributed by atoms with E-state index in [0.717, 1.165) is 5.56 Å². The number of halogens is 1. The van der Waals surface area contributed by atoms with Crippen molar-refractivity contribution in [3.63, 3.8) is 0 Å². The maximum Gasteiger partial charge on any atom is 0.261 e. The van der Waals surface area contributed by atoms with E-state index in [1.165, 1.54) is 0 Å². The number of ether oxygens (including phenoxy) is 2. The van der Waals surface area contributed by atoms with E-state index in [4.69, 9.17) is 21.1 Å². The second-order valence-electron chi connectivity index (χ2n) is 7.70. The molecule has 0 aliphatic carbocycles. The SMILES string of the molecule is COCCCNC(=O)C(c1ccccc1)N(Cc1ccc(Cl)cc1)C(=O)COc1ccccc1. The first-order chi connectivity index (χ1) is 16.6. The Morgan fingerprint density at radius 1 is 0.941 bits per heavy atom. The predicted molar refractivity (Wildman–Crippen MR) is 133 cm³/mol. The molecule has 1 N–H and O–H groups in total. The molecule has 3 aromatic carbocycles. The van der Waals surface area contributed by atoms with Crippen molar-refractivity contribution < 1.29 is 19.1 Å². The standard InChI is InChI=1S/C27H29ClN2O4/c1-33-18-8-17-29-27(32)26(22-9-4-2-5-10-22)30(19-21-13-15-23(28)16-14-21)25(31)20-34-24-11-6-3-7-12-24/h2-7,9-16,26H,8,17-20H2,1H3,(H,29,32). The predicted octanol–water partition coefficient (Wildman–Crippen LogP) is 4.64. The Bertz CT molecular complexity index is 1030. The van der Waals surface area contributed by atoms with Crippen molar-refractivity contribution in [2.75, 3.05) is 26.9 Å². The topological polar surface area (TPSA) is 67.9 Å². The monoisotopic (exact) mass is 480 g/mol. The van der Waals surface area contributed by atoms with Crippen LogP contribution in [-0.2, 0) is 20.9 Å². The van der Waals surface area contributed by atoms with Crippen LogP contribution in [0.2, 0.25) is 5.02 Å². The number of amides is 2. The number of hydrogen-bond donors (Lipinski definition) is 1. The van der Waals surface area contributed by atoms with Crippen molar-refractivity contribution in [1.82, 2.24) is 10.2 Å². The van der Waals surface area contributed by atoms with Crippen LogP contribution in [0.15, 0.2) is 84.9 Å².